The zero-order chi connectivity index (χ0) is 87.4. The summed E-state index contributed by atoms with van der Waals surface area (Å²) in [5.41, 5.74) is 13.3. The highest BCUT2D eigenvalue weighted by molar-refractivity contribution is 7.12. The number of aryl methyl sites for hydroxylation is 2. The Balaban J connectivity index is 0.000000628. The average molecular weight is 1620 g/mol. The summed E-state index contributed by atoms with van der Waals surface area (Å²) in [6.45, 7) is 101. The minimum atomic E-state index is 0.0360. The van der Waals surface area contributed by atoms with Gasteiger partial charge in [0.2, 0.25) is 11.8 Å². The summed E-state index contributed by atoms with van der Waals surface area (Å²) in [6.07, 6.45) is 28.4. The molecule has 0 atom stereocenters. The maximum Gasteiger partial charge on any atom is 0.218 e. The van der Waals surface area contributed by atoms with Crippen molar-refractivity contribution in [3.8, 4) is 0 Å². The van der Waals surface area contributed by atoms with Gasteiger partial charge in [-0.15, -0.1) is 22.7 Å². The van der Waals surface area contributed by atoms with Gasteiger partial charge in [-0.3, -0.25) is 4.68 Å². The second-order valence-electron chi connectivity index (χ2n) is 36.9. The molecule has 0 aliphatic heterocycles. The number of hydrogen-bond acceptors (Lipinski definition) is 17. The van der Waals surface area contributed by atoms with E-state index < -0.39 is 0 Å². The van der Waals surface area contributed by atoms with Crippen molar-refractivity contribution in [2.24, 2.45) is 21.1 Å². The molecule has 0 fully saturated rings. The van der Waals surface area contributed by atoms with E-state index in [2.05, 4.69) is 356 Å². The first-order valence-corrected chi connectivity index (χ1v) is 41.0. The van der Waals surface area contributed by atoms with Crippen molar-refractivity contribution in [2.45, 2.75) is 262 Å². The van der Waals surface area contributed by atoms with Gasteiger partial charge in [0.1, 0.15) is 45.6 Å². The van der Waals surface area contributed by atoms with Crippen molar-refractivity contribution in [1.82, 2.24) is 62.7 Å². The highest BCUT2D eigenvalue weighted by Crippen LogP contribution is 2.32. The second-order valence-corrected chi connectivity index (χ2v) is 40.3. The van der Waals surface area contributed by atoms with Crippen LogP contribution in [-0.4, -0.2) is 62.7 Å². The molecule has 10 rings (SSSR count). The Bertz CT molecular complexity index is 4190. The van der Waals surface area contributed by atoms with E-state index in [4.69, 9.17) is 13.4 Å². The Morgan fingerprint density at radius 3 is 1.21 bits per heavy atom. The summed E-state index contributed by atoms with van der Waals surface area (Å²) >= 11 is 6.41. The molecular weight excluding hydrogens is 1480 g/mol. The van der Waals surface area contributed by atoms with Crippen LogP contribution in [0.2, 0.25) is 0 Å². The predicted molar refractivity (Wildman–Crippen MR) is 495 cm³/mol. The van der Waals surface area contributed by atoms with Crippen LogP contribution in [0.5, 0.6) is 0 Å². The van der Waals surface area contributed by atoms with Crippen molar-refractivity contribution in [3.63, 3.8) is 0 Å². The van der Waals surface area contributed by atoms with E-state index in [1.165, 1.54) is 38.2 Å². The third-order valence-corrected chi connectivity index (χ3v) is 20.3. The third-order valence-electron chi connectivity index (χ3n) is 16.2. The quantitative estimate of drug-likeness (QED) is 0.126. The van der Waals surface area contributed by atoms with Gasteiger partial charge in [0.05, 0.1) is 40.4 Å². The fourth-order valence-electron chi connectivity index (χ4n) is 9.19. The largest absolute Gasteiger partial charge is 0.445 e. The Kier molecular flexibility index (Phi) is 39.4. The summed E-state index contributed by atoms with van der Waals surface area (Å²) in [5.74, 6) is 3.94. The second kappa shape index (κ2) is 43.6. The van der Waals surface area contributed by atoms with Crippen molar-refractivity contribution >= 4 is 106 Å². The van der Waals surface area contributed by atoms with Gasteiger partial charge in [0, 0.05) is 110 Å². The molecule has 0 saturated carbocycles. The van der Waals surface area contributed by atoms with Gasteiger partial charge in [0.25, 0.3) is 0 Å². The van der Waals surface area contributed by atoms with Crippen molar-refractivity contribution in [3.05, 3.63) is 237 Å². The van der Waals surface area contributed by atoms with Crippen LogP contribution in [0.4, 0.5) is 0 Å². The molecule has 618 valence electrons. The fourth-order valence-corrected chi connectivity index (χ4v) is 12.6. The molecule has 0 aliphatic rings. The highest BCUT2D eigenvalue weighted by Gasteiger charge is 2.25. The molecule has 0 bridgehead atoms. The molecule has 0 amide bonds. The van der Waals surface area contributed by atoms with Crippen molar-refractivity contribution in [2.75, 3.05) is 0 Å². The Morgan fingerprint density at radius 1 is 0.398 bits per heavy atom. The van der Waals surface area contributed by atoms with Gasteiger partial charge in [0.15, 0.2) is 0 Å². The zero-order valence-corrected chi connectivity index (χ0v) is 78.6. The van der Waals surface area contributed by atoms with Crippen LogP contribution in [0.1, 0.15) is 319 Å². The lowest BCUT2D eigenvalue weighted by Gasteiger charge is -2.18. The topological polar surface area (TPSA) is 183 Å². The normalized spacial score (nSPS) is 11.6. The standard InChI is InChI=1S/3C10H16N2.3C9H13NO.4C9H13NS/c1-6-9-11-8(7-12(9)5)10(2,3)4;1-6-9-11-7-8(12(9)5)10(2,3)4;1-6-8-7-9(10(2,3)4)12(5)11-8;1-5-8-10-7(6-11-8)9(2,3)4;1-5-8-10-6-7(11-8)9(2,3)4;1-5-8-7(6-11-10-8)9(2,3)4;1-5-8-10-7(6-11-8)9(2,3)4;1-5-8-10-6-7(11-8)9(2,3)4;1-5-8-7(6-11-10-8)9(2,3)4;1-5-7-6-8(11-10-7)9(2,3)4/h3*6-7H,1H2,2-5H3;7*5-6H,1H2,2-4H3. The van der Waals surface area contributed by atoms with Crippen LogP contribution < -0.4 is 0 Å². The monoisotopic (exact) mass is 1610 g/mol. The highest BCUT2D eigenvalue weighted by atomic mass is 32.1. The van der Waals surface area contributed by atoms with E-state index in [-0.39, 0.29) is 54.1 Å². The Hall–Kier alpha value is -8.82. The molecular formula is C93H139N13O3S4. The lowest BCUT2D eigenvalue weighted by atomic mass is 9.87. The van der Waals surface area contributed by atoms with E-state index in [1.54, 1.807) is 108 Å². The summed E-state index contributed by atoms with van der Waals surface area (Å²) in [7, 11) is 5.97. The molecule has 0 aliphatic carbocycles. The summed E-state index contributed by atoms with van der Waals surface area (Å²) in [5, 5.41) is 14.3. The van der Waals surface area contributed by atoms with Crippen LogP contribution in [0.3, 0.4) is 0 Å². The number of rotatable bonds is 10. The summed E-state index contributed by atoms with van der Waals surface area (Å²) < 4.78 is 29.8. The molecule has 0 spiro atoms. The summed E-state index contributed by atoms with van der Waals surface area (Å²) in [6, 6.07) is 4.17. The van der Waals surface area contributed by atoms with Crippen LogP contribution >= 0.6 is 45.7 Å². The molecule has 0 saturated heterocycles. The SMILES string of the molecule is C=Cc1cc(C(C)(C)C)n(C)n1.C=Cc1cc(C(C)(C)C)sn1.C=Cc1nc(C(C)(C)C)cn1C.C=Cc1nc(C(C)(C)C)co1.C=Cc1nc(C(C)(C)C)cs1.C=Cc1ncc(C(C)(C)C)n1C.C=Cc1ncc(C(C)(C)C)o1.C=Cc1ncc(C(C)(C)C)s1.C=Cc1nocc1C(C)(C)C.C=Cc1nscc1C(C)(C)C. The van der Waals surface area contributed by atoms with Gasteiger partial charge in [-0.2, -0.15) is 13.8 Å². The molecule has 0 radical (unpaired) electrons. The van der Waals surface area contributed by atoms with Crippen molar-refractivity contribution in [1.29, 1.82) is 0 Å². The van der Waals surface area contributed by atoms with E-state index >= 15 is 0 Å². The van der Waals surface area contributed by atoms with E-state index in [9.17, 15) is 0 Å². The number of hydrogen-bond donors (Lipinski definition) is 0. The molecule has 0 unspecified atom stereocenters. The first-order chi connectivity index (χ1) is 51.7. The Labute approximate surface area is 698 Å². The van der Waals surface area contributed by atoms with E-state index in [0.717, 1.165) is 72.8 Å². The van der Waals surface area contributed by atoms with Gasteiger partial charge in [-0.1, -0.05) is 279 Å². The molecule has 0 aromatic carbocycles. The lowest BCUT2D eigenvalue weighted by Crippen LogP contribution is -2.16. The molecule has 16 nitrogen and oxygen atoms in total. The van der Waals surface area contributed by atoms with Crippen LogP contribution in [-0.2, 0) is 75.3 Å². The number of thiazole rings is 2. The smallest absolute Gasteiger partial charge is 0.218 e. The van der Waals surface area contributed by atoms with Crippen LogP contribution in [0, 0.1) is 0 Å². The zero-order valence-electron chi connectivity index (χ0n) is 75.3. The molecule has 0 N–H and O–H groups in total. The Morgan fingerprint density at radius 2 is 0.929 bits per heavy atom. The number of imidazole rings is 2. The molecule has 20 heteroatoms. The van der Waals surface area contributed by atoms with E-state index in [1.807, 2.05) is 48.9 Å². The van der Waals surface area contributed by atoms with Gasteiger partial charge in [-0.05, 0) is 123 Å². The van der Waals surface area contributed by atoms with Gasteiger partial charge in [-0.25, -0.2) is 29.9 Å². The first kappa shape index (κ1) is 102. The minimum Gasteiger partial charge on any atom is -0.445 e. The molecule has 10 aromatic rings. The predicted octanol–water partition coefficient (Wildman–Crippen LogP) is 27.3. The third kappa shape index (κ3) is 35.2. The minimum absolute atomic E-state index is 0.0360. The lowest BCUT2D eigenvalue weighted by molar-refractivity contribution is 0.403. The summed E-state index contributed by atoms with van der Waals surface area (Å²) in [4.78, 5) is 28.1. The number of aromatic nitrogens is 13. The van der Waals surface area contributed by atoms with Crippen LogP contribution in [0.25, 0.3) is 60.8 Å². The van der Waals surface area contributed by atoms with Crippen molar-refractivity contribution < 1.29 is 13.4 Å². The van der Waals surface area contributed by atoms with Gasteiger partial charge >= 0.3 is 0 Å². The molecule has 10 aromatic heterocycles. The number of oxazole rings is 2. The molecule has 113 heavy (non-hydrogen) atoms. The van der Waals surface area contributed by atoms with Crippen LogP contribution in [0.15, 0.2) is 139 Å². The molecule has 10 heterocycles. The maximum atomic E-state index is 5.37. The first-order valence-electron chi connectivity index (χ1n) is 37.7. The average Bonchev–Trinajstić information content (AvgIpc) is 1.69. The van der Waals surface area contributed by atoms with Gasteiger partial charge < -0.3 is 22.5 Å². The van der Waals surface area contributed by atoms with E-state index in [0.29, 0.717) is 11.8 Å². The number of nitrogens with zero attached hydrogens (tertiary/aromatic N) is 13. The fraction of sp³-hybridized carbons (Fsp3) is 0.462. The maximum absolute atomic E-state index is 5.37.